The first-order valence-electron chi connectivity index (χ1n) is 4.91. The fourth-order valence-corrected chi connectivity index (χ4v) is 1.36. The van der Waals surface area contributed by atoms with Gasteiger partial charge in [0.25, 0.3) is 0 Å². The van der Waals surface area contributed by atoms with Gasteiger partial charge in [-0.2, -0.15) is 0 Å². The van der Waals surface area contributed by atoms with Crippen molar-refractivity contribution in [2.75, 3.05) is 0 Å². The van der Waals surface area contributed by atoms with Gasteiger partial charge >= 0.3 is 5.97 Å². The van der Waals surface area contributed by atoms with E-state index < -0.39 is 5.97 Å². The number of ether oxygens (including phenoxy) is 1. The third-order valence-electron chi connectivity index (χ3n) is 2.21. The van der Waals surface area contributed by atoms with Gasteiger partial charge in [0.05, 0.1) is 17.4 Å². The Balaban J connectivity index is 2.16. The highest BCUT2D eigenvalue weighted by atomic mass is 16.5. The molecule has 0 spiro atoms. The van der Waals surface area contributed by atoms with Gasteiger partial charge in [-0.1, -0.05) is 18.7 Å². The van der Waals surface area contributed by atoms with Gasteiger partial charge in [0.15, 0.2) is 6.73 Å². The number of benzene rings is 1. The second-order valence-electron chi connectivity index (χ2n) is 3.54. The molecular formula is C12H12N2O2. The van der Waals surface area contributed by atoms with Crippen molar-refractivity contribution in [3.8, 4) is 0 Å². The second-order valence-corrected chi connectivity index (χ2v) is 3.54. The summed E-state index contributed by atoms with van der Waals surface area (Å²) >= 11 is 0. The van der Waals surface area contributed by atoms with Gasteiger partial charge in [-0.15, -0.1) is 0 Å². The van der Waals surface area contributed by atoms with E-state index in [1.807, 2.05) is 24.3 Å². The molecule has 0 radical (unpaired) electrons. The molecule has 0 saturated heterocycles. The van der Waals surface area contributed by atoms with Gasteiger partial charge in [0.2, 0.25) is 0 Å². The van der Waals surface area contributed by atoms with Gasteiger partial charge < -0.3 is 4.74 Å². The van der Waals surface area contributed by atoms with Gasteiger partial charge in [-0.25, -0.2) is 9.78 Å². The molecule has 1 aromatic heterocycles. The van der Waals surface area contributed by atoms with E-state index in [4.69, 9.17) is 4.74 Å². The van der Waals surface area contributed by atoms with Gasteiger partial charge in [-0.3, -0.25) is 4.57 Å². The molecule has 0 fully saturated rings. The lowest BCUT2D eigenvalue weighted by Crippen LogP contribution is -2.09. The van der Waals surface area contributed by atoms with E-state index in [1.54, 1.807) is 17.8 Å². The molecule has 0 saturated carbocycles. The first-order chi connectivity index (χ1) is 7.68. The Morgan fingerprint density at radius 3 is 3.00 bits per heavy atom. The molecule has 1 heterocycles. The molecular weight excluding hydrogens is 204 g/mol. The number of imidazole rings is 1. The number of carbonyl (C=O) groups is 1. The number of esters is 1. The number of aromatic nitrogens is 2. The van der Waals surface area contributed by atoms with Crippen LogP contribution in [0.25, 0.3) is 11.0 Å². The molecule has 0 aliphatic heterocycles. The molecule has 82 valence electrons. The van der Waals surface area contributed by atoms with Crippen molar-refractivity contribution in [1.82, 2.24) is 9.55 Å². The molecule has 4 nitrogen and oxygen atoms in total. The van der Waals surface area contributed by atoms with Crippen LogP contribution < -0.4 is 0 Å². The lowest BCUT2D eigenvalue weighted by Gasteiger charge is -2.05. The monoisotopic (exact) mass is 216 g/mol. The zero-order valence-corrected chi connectivity index (χ0v) is 9.01. The standard InChI is InChI=1S/C12H12N2O2/c1-9(2)12(15)16-8-14-7-13-10-5-3-4-6-11(10)14/h3-7H,1,8H2,2H3. The molecule has 0 aliphatic rings. The Kier molecular flexibility index (Phi) is 2.72. The second kappa shape index (κ2) is 4.18. The van der Waals surface area contributed by atoms with Crippen LogP contribution in [0.15, 0.2) is 42.7 Å². The van der Waals surface area contributed by atoms with E-state index in [-0.39, 0.29) is 6.73 Å². The summed E-state index contributed by atoms with van der Waals surface area (Å²) in [5.41, 5.74) is 2.22. The first kappa shape index (κ1) is 10.4. The number of hydrogen-bond acceptors (Lipinski definition) is 3. The summed E-state index contributed by atoms with van der Waals surface area (Å²) < 4.78 is 6.81. The topological polar surface area (TPSA) is 44.1 Å². The fourth-order valence-electron chi connectivity index (χ4n) is 1.36. The Morgan fingerprint density at radius 2 is 2.25 bits per heavy atom. The minimum Gasteiger partial charge on any atom is -0.441 e. The van der Waals surface area contributed by atoms with E-state index >= 15 is 0 Å². The maximum Gasteiger partial charge on any atom is 0.334 e. The molecule has 0 aliphatic carbocycles. The molecule has 1 aromatic carbocycles. The summed E-state index contributed by atoms with van der Waals surface area (Å²) in [6.45, 7) is 5.30. The summed E-state index contributed by atoms with van der Waals surface area (Å²) in [6.07, 6.45) is 1.65. The maximum absolute atomic E-state index is 11.2. The Labute approximate surface area is 93.2 Å². The van der Waals surface area contributed by atoms with E-state index in [1.165, 1.54) is 0 Å². The molecule has 0 atom stereocenters. The van der Waals surface area contributed by atoms with Crippen molar-refractivity contribution in [2.45, 2.75) is 13.7 Å². The van der Waals surface area contributed by atoms with Crippen LogP contribution in [0.4, 0.5) is 0 Å². The zero-order chi connectivity index (χ0) is 11.5. The third kappa shape index (κ3) is 1.95. The predicted molar refractivity (Wildman–Crippen MR) is 60.6 cm³/mol. The van der Waals surface area contributed by atoms with E-state index in [0.717, 1.165) is 11.0 Å². The van der Waals surface area contributed by atoms with Crippen molar-refractivity contribution in [3.63, 3.8) is 0 Å². The number of nitrogens with zero attached hydrogens (tertiary/aromatic N) is 2. The van der Waals surface area contributed by atoms with Gasteiger partial charge in [-0.05, 0) is 19.1 Å². The lowest BCUT2D eigenvalue weighted by atomic mass is 10.3. The largest absolute Gasteiger partial charge is 0.441 e. The molecule has 0 unspecified atom stereocenters. The SMILES string of the molecule is C=C(C)C(=O)OCn1cnc2ccccc21. The van der Waals surface area contributed by atoms with Crippen LogP contribution >= 0.6 is 0 Å². The fraction of sp³-hybridized carbons (Fsp3) is 0.167. The quantitative estimate of drug-likeness (QED) is 0.583. The first-order valence-corrected chi connectivity index (χ1v) is 4.91. The van der Waals surface area contributed by atoms with Crippen LogP contribution in [0.1, 0.15) is 6.92 Å². The molecule has 0 amide bonds. The van der Waals surface area contributed by atoms with Gasteiger partial charge in [0.1, 0.15) is 0 Å². The molecule has 4 heteroatoms. The van der Waals surface area contributed by atoms with E-state index in [0.29, 0.717) is 5.57 Å². The smallest absolute Gasteiger partial charge is 0.334 e. The molecule has 2 rings (SSSR count). The molecule has 16 heavy (non-hydrogen) atoms. The summed E-state index contributed by atoms with van der Waals surface area (Å²) in [5.74, 6) is -0.391. The predicted octanol–water partition coefficient (Wildman–Crippen LogP) is 2.11. The highest BCUT2D eigenvalue weighted by Gasteiger charge is 2.05. The Hall–Kier alpha value is -2.10. The van der Waals surface area contributed by atoms with E-state index in [9.17, 15) is 4.79 Å². The average Bonchev–Trinajstić information content (AvgIpc) is 2.69. The molecule has 2 aromatic rings. The summed E-state index contributed by atoms with van der Waals surface area (Å²) in [6, 6.07) is 7.67. The highest BCUT2D eigenvalue weighted by molar-refractivity contribution is 5.86. The van der Waals surface area contributed by atoms with Crippen molar-refractivity contribution >= 4 is 17.0 Å². The zero-order valence-electron chi connectivity index (χ0n) is 9.01. The van der Waals surface area contributed by atoms with Crippen molar-refractivity contribution in [2.24, 2.45) is 0 Å². The number of rotatable bonds is 3. The minimum atomic E-state index is -0.391. The average molecular weight is 216 g/mol. The van der Waals surface area contributed by atoms with Crippen molar-refractivity contribution < 1.29 is 9.53 Å². The molecule has 0 bridgehead atoms. The van der Waals surface area contributed by atoms with Crippen LogP contribution in [0.2, 0.25) is 0 Å². The van der Waals surface area contributed by atoms with Crippen LogP contribution in [0.3, 0.4) is 0 Å². The Morgan fingerprint density at radius 1 is 1.50 bits per heavy atom. The van der Waals surface area contributed by atoms with E-state index in [2.05, 4.69) is 11.6 Å². The van der Waals surface area contributed by atoms with Crippen LogP contribution in [-0.4, -0.2) is 15.5 Å². The Bertz CT molecular complexity index is 543. The maximum atomic E-state index is 11.2. The number of fused-ring (bicyclic) bond motifs is 1. The summed E-state index contributed by atoms with van der Waals surface area (Å²) in [5, 5.41) is 0. The van der Waals surface area contributed by atoms with Crippen molar-refractivity contribution in [3.05, 3.63) is 42.7 Å². The lowest BCUT2D eigenvalue weighted by molar-refractivity contribution is -0.142. The number of carbonyl (C=O) groups excluding carboxylic acids is 1. The van der Waals surface area contributed by atoms with Crippen LogP contribution in [0.5, 0.6) is 0 Å². The van der Waals surface area contributed by atoms with Crippen LogP contribution in [0, 0.1) is 0 Å². The van der Waals surface area contributed by atoms with Crippen molar-refractivity contribution in [1.29, 1.82) is 0 Å². The highest BCUT2D eigenvalue weighted by Crippen LogP contribution is 2.11. The minimum absolute atomic E-state index is 0.159. The van der Waals surface area contributed by atoms with Gasteiger partial charge in [0, 0.05) is 5.57 Å². The number of hydrogen-bond donors (Lipinski definition) is 0. The molecule has 0 N–H and O–H groups in total. The normalized spacial score (nSPS) is 10.3. The number of para-hydroxylation sites is 2. The summed E-state index contributed by atoms with van der Waals surface area (Å²) in [4.78, 5) is 15.4. The van der Waals surface area contributed by atoms with Crippen LogP contribution in [-0.2, 0) is 16.3 Å². The summed E-state index contributed by atoms with van der Waals surface area (Å²) in [7, 11) is 0. The third-order valence-corrected chi connectivity index (χ3v) is 2.21.